The highest BCUT2D eigenvalue weighted by Gasteiger charge is 2.16. The van der Waals surface area contributed by atoms with Crippen LogP contribution in [0.4, 0.5) is 4.39 Å². The summed E-state index contributed by atoms with van der Waals surface area (Å²) in [6.07, 6.45) is 6.96. The standard InChI is InChI=1S/C15H23FO.C13H15BrN2O/c1-3-5-13(6-4-2)11-12-17-15-9-7-14(16)8-10-15;1-3-11-12(14)13(17)16(15(11)4-2)10-8-6-5-7-9-10/h7-10,13H,3-6,11-12H2,1-2H3;5-9H,3-4H2,1-2H3. The van der Waals surface area contributed by atoms with E-state index in [1.54, 1.807) is 16.8 Å². The van der Waals surface area contributed by atoms with E-state index >= 15 is 0 Å². The zero-order valence-corrected chi connectivity index (χ0v) is 22.5. The molecule has 0 spiro atoms. The monoisotopic (exact) mass is 532 g/mol. The number of hydrogen-bond acceptors (Lipinski definition) is 2. The molecule has 0 atom stereocenters. The fourth-order valence-corrected chi connectivity index (χ4v) is 4.83. The van der Waals surface area contributed by atoms with Gasteiger partial charge in [-0.05, 0) is 78.0 Å². The van der Waals surface area contributed by atoms with Gasteiger partial charge in [0, 0.05) is 6.54 Å². The van der Waals surface area contributed by atoms with Crippen molar-refractivity contribution in [2.24, 2.45) is 5.92 Å². The van der Waals surface area contributed by atoms with Gasteiger partial charge in [0.2, 0.25) is 0 Å². The summed E-state index contributed by atoms with van der Waals surface area (Å²) in [6, 6.07) is 16.0. The molecule has 0 saturated carbocycles. The molecule has 0 saturated heterocycles. The number of ether oxygens (including phenoxy) is 1. The third kappa shape index (κ3) is 7.86. The molecule has 34 heavy (non-hydrogen) atoms. The number of halogens is 2. The summed E-state index contributed by atoms with van der Waals surface area (Å²) in [7, 11) is 0. The van der Waals surface area contributed by atoms with Gasteiger partial charge in [-0.25, -0.2) is 9.07 Å². The lowest BCUT2D eigenvalue weighted by Crippen LogP contribution is -2.21. The molecule has 0 aliphatic heterocycles. The van der Waals surface area contributed by atoms with E-state index in [9.17, 15) is 9.18 Å². The molecule has 0 aliphatic carbocycles. The minimum atomic E-state index is -0.216. The minimum absolute atomic E-state index is 0.00917. The van der Waals surface area contributed by atoms with Crippen LogP contribution in [0.15, 0.2) is 63.9 Å². The molecule has 0 bridgehead atoms. The highest BCUT2D eigenvalue weighted by molar-refractivity contribution is 9.10. The van der Waals surface area contributed by atoms with Gasteiger partial charge < -0.3 is 4.74 Å². The third-order valence-corrected chi connectivity index (χ3v) is 6.62. The molecule has 1 aromatic heterocycles. The van der Waals surface area contributed by atoms with Crippen molar-refractivity contribution in [3.63, 3.8) is 0 Å². The summed E-state index contributed by atoms with van der Waals surface area (Å²) in [5, 5.41) is 0. The van der Waals surface area contributed by atoms with Crippen LogP contribution in [0.1, 0.15) is 65.5 Å². The molecule has 1 heterocycles. The van der Waals surface area contributed by atoms with E-state index in [1.165, 1.54) is 37.8 Å². The van der Waals surface area contributed by atoms with Crippen molar-refractivity contribution in [3.8, 4) is 11.4 Å². The van der Waals surface area contributed by atoms with Gasteiger partial charge in [-0.2, -0.15) is 0 Å². The molecule has 2 aromatic carbocycles. The molecule has 0 amide bonds. The van der Waals surface area contributed by atoms with E-state index in [0.717, 1.165) is 49.0 Å². The molecule has 0 unspecified atom stereocenters. The Morgan fingerprint density at radius 1 is 0.912 bits per heavy atom. The van der Waals surface area contributed by atoms with E-state index in [4.69, 9.17) is 4.74 Å². The minimum Gasteiger partial charge on any atom is -0.494 e. The fourth-order valence-electron chi connectivity index (χ4n) is 4.18. The Hall–Kier alpha value is -2.34. The summed E-state index contributed by atoms with van der Waals surface area (Å²) in [5.41, 5.74) is 1.95. The second kappa shape index (κ2) is 14.8. The van der Waals surface area contributed by atoms with Gasteiger partial charge in [-0.1, -0.05) is 64.7 Å². The summed E-state index contributed by atoms with van der Waals surface area (Å²) < 4.78 is 22.7. The van der Waals surface area contributed by atoms with Crippen molar-refractivity contribution >= 4 is 15.9 Å². The summed E-state index contributed by atoms with van der Waals surface area (Å²) >= 11 is 3.40. The first kappa shape index (κ1) is 27.9. The van der Waals surface area contributed by atoms with Crippen LogP contribution in [-0.2, 0) is 13.0 Å². The second-order valence-corrected chi connectivity index (χ2v) is 9.11. The van der Waals surface area contributed by atoms with E-state index < -0.39 is 0 Å². The third-order valence-electron chi connectivity index (χ3n) is 5.82. The Balaban J connectivity index is 0.000000240. The molecule has 3 aromatic rings. The maximum absolute atomic E-state index is 12.7. The van der Waals surface area contributed by atoms with Gasteiger partial charge in [0.15, 0.2) is 0 Å². The molecule has 0 aliphatic rings. The van der Waals surface area contributed by atoms with Crippen LogP contribution in [0.3, 0.4) is 0 Å². The summed E-state index contributed by atoms with van der Waals surface area (Å²) in [5.74, 6) is 1.32. The van der Waals surface area contributed by atoms with Crippen molar-refractivity contribution in [1.29, 1.82) is 0 Å². The predicted octanol–water partition coefficient (Wildman–Crippen LogP) is 7.79. The number of nitrogens with zero attached hydrogens (tertiary/aromatic N) is 2. The topological polar surface area (TPSA) is 36.2 Å². The number of hydrogen-bond donors (Lipinski definition) is 0. The smallest absolute Gasteiger partial charge is 0.285 e. The zero-order chi connectivity index (χ0) is 24.9. The van der Waals surface area contributed by atoms with Crippen molar-refractivity contribution in [2.75, 3.05) is 6.61 Å². The highest BCUT2D eigenvalue weighted by Crippen LogP contribution is 2.19. The van der Waals surface area contributed by atoms with E-state index in [0.29, 0.717) is 4.47 Å². The Morgan fingerprint density at radius 3 is 2.06 bits per heavy atom. The van der Waals surface area contributed by atoms with Gasteiger partial charge in [0.05, 0.1) is 18.0 Å². The van der Waals surface area contributed by atoms with Gasteiger partial charge >= 0.3 is 0 Å². The largest absolute Gasteiger partial charge is 0.494 e. The van der Waals surface area contributed by atoms with Crippen molar-refractivity contribution < 1.29 is 9.13 Å². The summed E-state index contributed by atoms with van der Waals surface area (Å²) in [4.78, 5) is 12.2. The first-order chi connectivity index (χ1) is 16.5. The summed E-state index contributed by atoms with van der Waals surface area (Å²) in [6.45, 7) is 10.1. The number of benzene rings is 2. The number of para-hydroxylation sites is 1. The molecule has 4 nitrogen and oxygen atoms in total. The SMILES string of the molecule is CCCC(CCC)CCOc1ccc(F)cc1.CCc1c(Br)c(=O)n(-c2ccccc2)n1CC. The van der Waals surface area contributed by atoms with Crippen molar-refractivity contribution in [2.45, 2.75) is 72.8 Å². The Morgan fingerprint density at radius 2 is 1.53 bits per heavy atom. The Labute approximate surface area is 211 Å². The molecule has 186 valence electrons. The fraction of sp³-hybridized carbons (Fsp3) is 0.464. The lowest BCUT2D eigenvalue weighted by molar-refractivity contribution is 0.264. The molecule has 3 rings (SSSR count). The number of aromatic nitrogens is 2. The molecule has 0 fully saturated rings. The van der Waals surface area contributed by atoms with E-state index in [2.05, 4.69) is 36.7 Å². The van der Waals surface area contributed by atoms with Crippen LogP contribution >= 0.6 is 15.9 Å². The Bertz CT molecular complexity index is 1020. The van der Waals surface area contributed by atoms with Crippen LogP contribution in [0.2, 0.25) is 0 Å². The normalized spacial score (nSPS) is 10.8. The van der Waals surface area contributed by atoms with Crippen LogP contribution in [0, 0.1) is 11.7 Å². The van der Waals surface area contributed by atoms with Crippen LogP contribution in [0.25, 0.3) is 5.69 Å². The average molecular weight is 534 g/mol. The first-order valence-corrected chi connectivity index (χ1v) is 13.2. The van der Waals surface area contributed by atoms with Crippen LogP contribution in [0.5, 0.6) is 5.75 Å². The van der Waals surface area contributed by atoms with Gasteiger partial charge in [-0.3, -0.25) is 9.48 Å². The zero-order valence-electron chi connectivity index (χ0n) is 20.9. The second-order valence-electron chi connectivity index (χ2n) is 8.32. The van der Waals surface area contributed by atoms with Gasteiger partial charge in [-0.15, -0.1) is 0 Å². The van der Waals surface area contributed by atoms with E-state index in [-0.39, 0.29) is 11.4 Å². The van der Waals surface area contributed by atoms with Crippen molar-refractivity contribution in [1.82, 2.24) is 9.36 Å². The van der Waals surface area contributed by atoms with Gasteiger partial charge in [0.25, 0.3) is 5.56 Å². The Kier molecular flexibility index (Phi) is 12.2. The molecule has 0 radical (unpaired) electrons. The predicted molar refractivity (Wildman–Crippen MR) is 143 cm³/mol. The van der Waals surface area contributed by atoms with Crippen molar-refractivity contribution in [3.05, 3.63) is 80.9 Å². The molecular weight excluding hydrogens is 495 g/mol. The number of rotatable bonds is 11. The quantitative estimate of drug-likeness (QED) is 0.252. The maximum atomic E-state index is 12.7. The first-order valence-electron chi connectivity index (χ1n) is 12.4. The molecular formula is C28H38BrFN2O2. The highest BCUT2D eigenvalue weighted by atomic mass is 79.9. The van der Waals surface area contributed by atoms with Gasteiger partial charge in [0.1, 0.15) is 16.0 Å². The average Bonchev–Trinajstić information content (AvgIpc) is 3.10. The van der Waals surface area contributed by atoms with E-state index in [1.807, 2.05) is 41.9 Å². The molecule has 0 N–H and O–H groups in total. The van der Waals surface area contributed by atoms with Crippen LogP contribution in [-0.4, -0.2) is 16.0 Å². The maximum Gasteiger partial charge on any atom is 0.285 e. The lowest BCUT2D eigenvalue weighted by atomic mass is 9.95. The van der Waals surface area contributed by atoms with Crippen LogP contribution < -0.4 is 10.3 Å². The lowest BCUT2D eigenvalue weighted by Gasteiger charge is -2.15. The molecule has 6 heteroatoms.